The molecule has 0 aromatic heterocycles. The molecule has 0 nitrogen and oxygen atoms in total. The highest BCUT2D eigenvalue weighted by molar-refractivity contribution is 6.19. The molecule has 2 aliphatic carbocycles. The summed E-state index contributed by atoms with van der Waals surface area (Å²) in [4.78, 5) is 0. The normalized spacial score (nSPS) is 14.4. The van der Waals surface area contributed by atoms with Gasteiger partial charge in [-0.3, -0.25) is 0 Å². The molecule has 0 atom stereocenters. The SMILES string of the molecule is CC(C)(C1=C(c2cccc3ccc4ccccc4c23)Cc2ccccc21)C1=C(c2cccc3ccc4ccccc4c23)Cc2ccccc21. The summed E-state index contributed by atoms with van der Waals surface area (Å²) in [6.45, 7) is 4.99. The van der Waals surface area contributed by atoms with Crippen LogP contribution in [0, 0.1) is 5.41 Å². The quantitative estimate of drug-likeness (QED) is 0.171. The Morgan fingerprint density at radius 1 is 0.347 bits per heavy atom. The van der Waals surface area contributed by atoms with Crippen LogP contribution in [0.25, 0.3) is 65.4 Å². The maximum atomic E-state index is 2.49. The van der Waals surface area contributed by atoms with Gasteiger partial charge >= 0.3 is 0 Å². The van der Waals surface area contributed by atoms with E-state index >= 15 is 0 Å². The second-order valence-electron chi connectivity index (χ2n) is 14.4. The first-order chi connectivity index (χ1) is 24.1. The van der Waals surface area contributed by atoms with E-state index in [2.05, 4.69) is 172 Å². The van der Waals surface area contributed by atoms with Gasteiger partial charge in [-0.15, -0.1) is 0 Å². The summed E-state index contributed by atoms with van der Waals surface area (Å²) in [7, 11) is 0. The fourth-order valence-electron chi connectivity index (χ4n) is 9.35. The van der Waals surface area contributed by atoms with Gasteiger partial charge in [-0.05, 0) is 112 Å². The summed E-state index contributed by atoms with van der Waals surface area (Å²) in [5.41, 5.74) is 13.9. The number of benzene rings is 8. The molecule has 0 heteroatoms. The third-order valence-corrected chi connectivity index (χ3v) is 11.4. The monoisotopic (exact) mass is 624 g/mol. The molecule has 0 fully saturated rings. The zero-order valence-electron chi connectivity index (χ0n) is 27.9. The number of fused-ring (bicyclic) bond motifs is 8. The summed E-state index contributed by atoms with van der Waals surface area (Å²) in [5.74, 6) is 0. The Balaban J connectivity index is 1.31. The molecule has 0 spiro atoms. The van der Waals surface area contributed by atoms with Gasteiger partial charge in [0.1, 0.15) is 0 Å². The minimum atomic E-state index is -0.288. The highest BCUT2D eigenvalue weighted by Gasteiger charge is 2.41. The third kappa shape index (κ3) is 4.17. The van der Waals surface area contributed by atoms with Crippen molar-refractivity contribution in [2.75, 3.05) is 0 Å². The van der Waals surface area contributed by atoms with Crippen LogP contribution >= 0.6 is 0 Å². The summed E-state index contributed by atoms with van der Waals surface area (Å²) in [6, 6.07) is 59.0. The van der Waals surface area contributed by atoms with Crippen molar-refractivity contribution in [2.24, 2.45) is 5.41 Å². The Morgan fingerprint density at radius 2 is 0.714 bits per heavy atom. The summed E-state index contributed by atoms with van der Waals surface area (Å²) in [6.07, 6.45) is 1.86. The van der Waals surface area contributed by atoms with E-state index in [0.29, 0.717) is 0 Å². The fourth-order valence-corrected chi connectivity index (χ4v) is 9.35. The molecule has 0 heterocycles. The fraction of sp³-hybridized carbons (Fsp3) is 0.102. The van der Waals surface area contributed by atoms with E-state index in [-0.39, 0.29) is 5.41 Å². The first-order valence-corrected chi connectivity index (χ1v) is 17.5. The van der Waals surface area contributed by atoms with Crippen molar-refractivity contribution >= 4 is 65.4 Å². The largest absolute Gasteiger partial charge is 0.0619 e. The standard InChI is InChI=1S/C49H36/c1-49(2,47-39-21-9-5-15-35(39)29-43(47)41-23-11-17-33-27-25-31-13-3-7-19-37(31)45(33)41)48-40-22-10-6-16-36(40)30-44(48)42-24-12-18-34-28-26-32-14-4-8-20-38(32)46(34)42/h3-28H,29-30H2,1-2H3. The van der Waals surface area contributed by atoms with Gasteiger partial charge in [0.05, 0.1) is 0 Å². The van der Waals surface area contributed by atoms with Gasteiger partial charge < -0.3 is 0 Å². The molecule has 232 valence electrons. The third-order valence-electron chi connectivity index (χ3n) is 11.4. The molecule has 0 radical (unpaired) electrons. The van der Waals surface area contributed by atoms with Crippen molar-refractivity contribution < 1.29 is 0 Å². The van der Waals surface area contributed by atoms with Crippen LogP contribution in [0.3, 0.4) is 0 Å². The first-order valence-electron chi connectivity index (χ1n) is 17.5. The highest BCUT2D eigenvalue weighted by Crippen LogP contribution is 2.58. The molecule has 8 aromatic rings. The van der Waals surface area contributed by atoms with Crippen molar-refractivity contribution in [1.82, 2.24) is 0 Å². The van der Waals surface area contributed by atoms with Gasteiger partial charge in [0.2, 0.25) is 0 Å². The predicted octanol–water partition coefficient (Wildman–Crippen LogP) is 13.0. The molecule has 0 amide bonds. The van der Waals surface area contributed by atoms with Crippen molar-refractivity contribution in [3.8, 4) is 0 Å². The molecule has 0 saturated heterocycles. The lowest BCUT2D eigenvalue weighted by atomic mass is 9.69. The van der Waals surface area contributed by atoms with Crippen LogP contribution in [-0.4, -0.2) is 0 Å². The van der Waals surface area contributed by atoms with Crippen molar-refractivity contribution in [1.29, 1.82) is 0 Å². The summed E-state index contributed by atoms with van der Waals surface area (Å²) < 4.78 is 0. The maximum Gasteiger partial charge on any atom is 0.0164 e. The predicted molar refractivity (Wildman–Crippen MR) is 211 cm³/mol. The average molecular weight is 625 g/mol. The molecule has 10 rings (SSSR count). The van der Waals surface area contributed by atoms with Crippen LogP contribution in [-0.2, 0) is 12.8 Å². The van der Waals surface area contributed by atoms with Gasteiger partial charge in [0.15, 0.2) is 0 Å². The van der Waals surface area contributed by atoms with E-state index in [9.17, 15) is 0 Å². The van der Waals surface area contributed by atoms with E-state index in [4.69, 9.17) is 0 Å². The highest BCUT2D eigenvalue weighted by atomic mass is 14.4. The van der Waals surface area contributed by atoms with Gasteiger partial charge in [-0.25, -0.2) is 0 Å². The Kier molecular flexibility index (Phi) is 6.15. The number of hydrogen-bond acceptors (Lipinski definition) is 0. The minimum Gasteiger partial charge on any atom is -0.0619 e. The van der Waals surface area contributed by atoms with Gasteiger partial charge in [0, 0.05) is 5.41 Å². The smallest absolute Gasteiger partial charge is 0.0164 e. The van der Waals surface area contributed by atoms with E-state index in [1.54, 1.807) is 0 Å². The molecule has 49 heavy (non-hydrogen) atoms. The van der Waals surface area contributed by atoms with E-state index < -0.39 is 0 Å². The topological polar surface area (TPSA) is 0 Å². The van der Waals surface area contributed by atoms with Gasteiger partial charge in [-0.1, -0.05) is 172 Å². The molecule has 0 aliphatic heterocycles. The van der Waals surface area contributed by atoms with Crippen molar-refractivity contribution in [2.45, 2.75) is 26.7 Å². The zero-order valence-corrected chi connectivity index (χ0v) is 27.9. The van der Waals surface area contributed by atoms with Crippen molar-refractivity contribution in [3.05, 3.63) is 191 Å². The number of hydrogen-bond donors (Lipinski definition) is 0. The Labute approximate surface area is 287 Å². The Bertz CT molecular complexity index is 2540. The van der Waals surface area contributed by atoms with Crippen molar-refractivity contribution in [3.63, 3.8) is 0 Å². The summed E-state index contributed by atoms with van der Waals surface area (Å²) >= 11 is 0. The zero-order chi connectivity index (χ0) is 32.7. The van der Waals surface area contributed by atoms with Crippen LogP contribution in [0.15, 0.2) is 158 Å². The van der Waals surface area contributed by atoms with E-state index in [1.807, 2.05) is 0 Å². The molecule has 0 bridgehead atoms. The lowest BCUT2D eigenvalue weighted by Gasteiger charge is -2.33. The second-order valence-corrected chi connectivity index (χ2v) is 14.4. The molecular weight excluding hydrogens is 589 g/mol. The van der Waals surface area contributed by atoms with Crippen LogP contribution in [0.5, 0.6) is 0 Å². The lowest BCUT2D eigenvalue weighted by Crippen LogP contribution is -2.17. The number of allylic oxidation sites excluding steroid dienone is 4. The first kappa shape index (κ1) is 28.3. The maximum absolute atomic E-state index is 2.49. The average Bonchev–Trinajstić information content (AvgIpc) is 3.74. The van der Waals surface area contributed by atoms with E-state index in [1.165, 1.54) is 98.8 Å². The minimum absolute atomic E-state index is 0.288. The Morgan fingerprint density at radius 3 is 1.20 bits per heavy atom. The number of rotatable bonds is 4. The van der Waals surface area contributed by atoms with Crippen LogP contribution in [0.4, 0.5) is 0 Å². The van der Waals surface area contributed by atoms with Gasteiger partial charge in [0.25, 0.3) is 0 Å². The van der Waals surface area contributed by atoms with Crippen LogP contribution < -0.4 is 0 Å². The molecule has 0 unspecified atom stereocenters. The second kappa shape index (κ2) is 10.6. The molecule has 8 aromatic carbocycles. The molecular formula is C49H36. The van der Waals surface area contributed by atoms with Gasteiger partial charge in [-0.2, -0.15) is 0 Å². The van der Waals surface area contributed by atoms with Crippen LogP contribution in [0.1, 0.15) is 47.2 Å². The van der Waals surface area contributed by atoms with E-state index in [0.717, 1.165) is 12.8 Å². The lowest BCUT2D eigenvalue weighted by molar-refractivity contribution is 0.678. The molecule has 0 saturated carbocycles. The van der Waals surface area contributed by atoms with Crippen LogP contribution in [0.2, 0.25) is 0 Å². The molecule has 0 N–H and O–H groups in total. The molecule has 2 aliphatic rings. The summed E-state index contributed by atoms with van der Waals surface area (Å²) in [5, 5.41) is 10.5. The Hall–Kier alpha value is -5.72.